The predicted molar refractivity (Wildman–Crippen MR) is 40.0 cm³/mol. The molecule has 1 aliphatic rings. The van der Waals surface area contributed by atoms with Gasteiger partial charge in [0.1, 0.15) is 6.10 Å². The van der Waals surface area contributed by atoms with Crippen LogP contribution in [-0.4, -0.2) is 46.2 Å². The van der Waals surface area contributed by atoms with E-state index in [0.717, 1.165) is 0 Å². The SMILES string of the molecule is C=C[C@H]1N[C@@H](CO)[C@H](O)[C@@H]1O. The first-order valence-corrected chi connectivity index (χ1v) is 3.56. The summed E-state index contributed by atoms with van der Waals surface area (Å²) in [6.07, 6.45) is -0.239. The van der Waals surface area contributed by atoms with Crippen molar-refractivity contribution in [2.75, 3.05) is 6.61 Å². The second-order valence-corrected chi connectivity index (χ2v) is 2.70. The third-order valence-corrected chi connectivity index (χ3v) is 1.99. The highest BCUT2D eigenvalue weighted by molar-refractivity contribution is 5.05. The maximum absolute atomic E-state index is 9.26. The van der Waals surface area contributed by atoms with Gasteiger partial charge in [-0.15, -0.1) is 6.58 Å². The summed E-state index contributed by atoms with van der Waals surface area (Å²) in [6.45, 7) is 3.30. The maximum Gasteiger partial charge on any atom is 0.100 e. The monoisotopic (exact) mass is 159 g/mol. The van der Waals surface area contributed by atoms with Gasteiger partial charge in [0.2, 0.25) is 0 Å². The largest absolute Gasteiger partial charge is 0.395 e. The van der Waals surface area contributed by atoms with Crippen molar-refractivity contribution in [3.63, 3.8) is 0 Å². The van der Waals surface area contributed by atoms with E-state index in [0.29, 0.717) is 0 Å². The third-order valence-electron chi connectivity index (χ3n) is 1.99. The van der Waals surface area contributed by atoms with Gasteiger partial charge in [-0.25, -0.2) is 0 Å². The Morgan fingerprint density at radius 2 is 2.00 bits per heavy atom. The highest BCUT2D eigenvalue weighted by Crippen LogP contribution is 2.14. The van der Waals surface area contributed by atoms with Crippen molar-refractivity contribution >= 4 is 0 Å². The van der Waals surface area contributed by atoms with Gasteiger partial charge in [-0.05, 0) is 0 Å². The summed E-state index contributed by atoms with van der Waals surface area (Å²) in [5, 5.41) is 30.0. The number of nitrogens with one attached hydrogen (secondary N) is 1. The van der Waals surface area contributed by atoms with Crippen LogP contribution >= 0.6 is 0 Å². The van der Waals surface area contributed by atoms with Crippen LogP contribution in [0.3, 0.4) is 0 Å². The molecule has 1 heterocycles. The summed E-state index contributed by atoms with van der Waals surface area (Å²) >= 11 is 0. The molecule has 4 nitrogen and oxygen atoms in total. The Hall–Kier alpha value is -0.420. The van der Waals surface area contributed by atoms with Crippen LogP contribution in [0.4, 0.5) is 0 Å². The lowest BCUT2D eigenvalue weighted by Gasteiger charge is -2.11. The first kappa shape index (κ1) is 8.67. The number of rotatable bonds is 2. The van der Waals surface area contributed by atoms with Gasteiger partial charge in [0.25, 0.3) is 0 Å². The highest BCUT2D eigenvalue weighted by atomic mass is 16.3. The van der Waals surface area contributed by atoms with Crippen molar-refractivity contribution < 1.29 is 15.3 Å². The average molecular weight is 159 g/mol. The lowest BCUT2D eigenvalue weighted by Crippen LogP contribution is -2.36. The van der Waals surface area contributed by atoms with Crippen molar-refractivity contribution in [1.82, 2.24) is 5.32 Å². The molecule has 4 atom stereocenters. The molecular weight excluding hydrogens is 146 g/mol. The van der Waals surface area contributed by atoms with E-state index in [4.69, 9.17) is 5.11 Å². The van der Waals surface area contributed by atoms with Crippen LogP contribution in [0.1, 0.15) is 0 Å². The van der Waals surface area contributed by atoms with Crippen LogP contribution in [0, 0.1) is 0 Å². The topological polar surface area (TPSA) is 72.7 Å². The molecule has 0 aromatic heterocycles. The molecule has 0 aromatic carbocycles. The van der Waals surface area contributed by atoms with E-state index in [-0.39, 0.29) is 12.6 Å². The first-order valence-electron chi connectivity index (χ1n) is 3.56. The molecule has 4 heteroatoms. The Morgan fingerprint density at radius 3 is 2.27 bits per heavy atom. The average Bonchev–Trinajstić information content (AvgIpc) is 2.30. The molecule has 1 fully saturated rings. The van der Waals surface area contributed by atoms with Crippen LogP contribution in [0.5, 0.6) is 0 Å². The lowest BCUT2D eigenvalue weighted by atomic mass is 10.1. The summed E-state index contributed by atoms with van der Waals surface area (Å²) in [6, 6.07) is -0.754. The molecule has 1 aliphatic heterocycles. The van der Waals surface area contributed by atoms with E-state index in [2.05, 4.69) is 11.9 Å². The highest BCUT2D eigenvalue weighted by Gasteiger charge is 2.38. The molecule has 0 amide bonds. The maximum atomic E-state index is 9.26. The number of hydrogen-bond acceptors (Lipinski definition) is 4. The van der Waals surface area contributed by atoms with Gasteiger partial charge in [0.15, 0.2) is 0 Å². The Kier molecular flexibility index (Phi) is 2.62. The lowest BCUT2D eigenvalue weighted by molar-refractivity contribution is 0.0239. The fraction of sp³-hybridized carbons (Fsp3) is 0.714. The normalized spacial score (nSPS) is 44.3. The van der Waals surface area contributed by atoms with E-state index >= 15 is 0 Å². The Bertz CT molecular complexity index is 151. The molecular formula is C7H13NO3. The molecule has 0 spiro atoms. The first-order chi connectivity index (χ1) is 5.20. The van der Waals surface area contributed by atoms with Crippen molar-refractivity contribution in [3.8, 4) is 0 Å². The number of aliphatic hydroxyl groups excluding tert-OH is 3. The van der Waals surface area contributed by atoms with Crippen LogP contribution in [0.15, 0.2) is 12.7 Å². The Morgan fingerprint density at radius 1 is 1.36 bits per heavy atom. The van der Waals surface area contributed by atoms with Crippen LogP contribution in [0.2, 0.25) is 0 Å². The quantitative estimate of drug-likeness (QED) is 0.360. The van der Waals surface area contributed by atoms with E-state index in [1.807, 2.05) is 0 Å². The van der Waals surface area contributed by atoms with E-state index in [1.54, 1.807) is 0 Å². The predicted octanol–water partition coefficient (Wildman–Crippen LogP) is -1.77. The molecule has 4 N–H and O–H groups in total. The summed E-state index contributed by atoms with van der Waals surface area (Å²) in [4.78, 5) is 0. The molecule has 0 aliphatic carbocycles. The van der Waals surface area contributed by atoms with E-state index in [9.17, 15) is 10.2 Å². The standard InChI is InChI=1S/C7H13NO3/c1-2-4-6(10)7(11)5(3-9)8-4/h2,4-11H,1,3H2/t4-,5+,6-,7+/m1/s1. The minimum Gasteiger partial charge on any atom is -0.395 e. The molecule has 0 unspecified atom stereocenters. The van der Waals surface area contributed by atoms with Gasteiger partial charge in [0.05, 0.1) is 24.8 Å². The molecule has 0 saturated carbocycles. The molecule has 0 radical (unpaired) electrons. The molecule has 11 heavy (non-hydrogen) atoms. The van der Waals surface area contributed by atoms with Crippen LogP contribution in [-0.2, 0) is 0 Å². The Labute approximate surface area is 65.2 Å². The van der Waals surface area contributed by atoms with Crippen molar-refractivity contribution in [1.29, 1.82) is 0 Å². The molecule has 0 aromatic rings. The zero-order chi connectivity index (χ0) is 8.43. The van der Waals surface area contributed by atoms with Gasteiger partial charge in [-0.1, -0.05) is 6.08 Å². The molecule has 0 bridgehead atoms. The second-order valence-electron chi connectivity index (χ2n) is 2.70. The van der Waals surface area contributed by atoms with Crippen LogP contribution in [0.25, 0.3) is 0 Å². The van der Waals surface area contributed by atoms with E-state index in [1.165, 1.54) is 6.08 Å². The minimum atomic E-state index is -0.900. The number of hydrogen-bond donors (Lipinski definition) is 4. The molecule has 1 saturated heterocycles. The summed E-state index contributed by atoms with van der Waals surface area (Å²) in [5.41, 5.74) is 0. The third kappa shape index (κ3) is 1.44. The fourth-order valence-corrected chi connectivity index (χ4v) is 1.26. The van der Waals surface area contributed by atoms with E-state index < -0.39 is 18.2 Å². The van der Waals surface area contributed by atoms with Crippen molar-refractivity contribution in [2.24, 2.45) is 0 Å². The zero-order valence-corrected chi connectivity index (χ0v) is 6.14. The van der Waals surface area contributed by atoms with Gasteiger partial charge in [-0.2, -0.15) is 0 Å². The molecule has 1 rings (SSSR count). The summed E-state index contributed by atoms with van der Waals surface area (Å²) in [7, 11) is 0. The zero-order valence-electron chi connectivity index (χ0n) is 6.14. The van der Waals surface area contributed by atoms with Gasteiger partial charge < -0.3 is 20.6 Å². The number of aliphatic hydroxyl groups is 3. The smallest absolute Gasteiger partial charge is 0.100 e. The second kappa shape index (κ2) is 3.32. The fourth-order valence-electron chi connectivity index (χ4n) is 1.26. The van der Waals surface area contributed by atoms with Crippen LogP contribution < -0.4 is 5.32 Å². The summed E-state index contributed by atoms with van der Waals surface area (Å²) < 4.78 is 0. The minimum absolute atomic E-state index is 0.178. The van der Waals surface area contributed by atoms with Crippen molar-refractivity contribution in [3.05, 3.63) is 12.7 Å². The molecule has 64 valence electrons. The summed E-state index contributed by atoms with van der Waals surface area (Å²) in [5.74, 6) is 0. The van der Waals surface area contributed by atoms with Gasteiger partial charge >= 0.3 is 0 Å². The Balaban J connectivity index is 2.60. The van der Waals surface area contributed by atoms with Gasteiger partial charge in [-0.3, -0.25) is 0 Å². The van der Waals surface area contributed by atoms with Crippen molar-refractivity contribution in [2.45, 2.75) is 24.3 Å². The van der Waals surface area contributed by atoms with Gasteiger partial charge in [0, 0.05) is 0 Å².